The minimum absolute atomic E-state index is 0.00245. The number of aryl methyl sites for hydroxylation is 2. The predicted octanol–water partition coefficient (Wildman–Crippen LogP) is 4.33. The van der Waals surface area contributed by atoms with Crippen molar-refractivity contribution in [1.82, 2.24) is 0 Å². The van der Waals surface area contributed by atoms with Crippen molar-refractivity contribution < 1.29 is 18.3 Å². The second-order valence-electron chi connectivity index (χ2n) is 4.88. The number of ether oxygens (including phenoxy) is 1. The van der Waals surface area contributed by atoms with Gasteiger partial charge in [-0.3, -0.25) is 4.79 Å². The number of carbonyl (C=O) groups excluding carboxylic acids is 1. The molecule has 0 radical (unpaired) electrons. The molecule has 110 valence electrons. The summed E-state index contributed by atoms with van der Waals surface area (Å²) in [5.74, 6) is -0.121. The van der Waals surface area contributed by atoms with Crippen LogP contribution < -0.4 is 4.74 Å². The Kier molecular flexibility index (Phi) is 4.68. The van der Waals surface area contributed by atoms with Crippen LogP contribution >= 0.6 is 0 Å². The Balaban J connectivity index is 2.21. The lowest BCUT2D eigenvalue weighted by Crippen LogP contribution is -2.08. The van der Waals surface area contributed by atoms with Gasteiger partial charge in [0, 0.05) is 12.0 Å². The van der Waals surface area contributed by atoms with E-state index < -0.39 is 6.61 Å². The van der Waals surface area contributed by atoms with Crippen LogP contribution in [0, 0.1) is 13.8 Å². The maximum Gasteiger partial charge on any atom is 0.387 e. The first-order chi connectivity index (χ1) is 9.97. The molecule has 0 saturated heterocycles. The molecule has 2 rings (SSSR count). The van der Waals surface area contributed by atoms with Gasteiger partial charge in [0.1, 0.15) is 5.75 Å². The van der Waals surface area contributed by atoms with E-state index in [1.807, 2.05) is 32.0 Å². The highest BCUT2D eigenvalue weighted by molar-refractivity contribution is 5.98. The minimum atomic E-state index is -2.89. The molecule has 0 spiro atoms. The van der Waals surface area contributed by atoms with Crippen molar-refractivity contribution in [2.75, 3.05) is 0 Å². The summed E-state index contributed by atoms with van der Waals surface area (Å²) in [7, 11) is 0. The average Bonchev–Trinajstić information content (AvgIpc) is 2.42. The van der Waals surface area contributed by atoms with Gasteiger partial charge in [0.25, 0.3) is 0 Å². The zero-order valence-electron chi connectivity index (χ0n) is 11.9. The number of halogens is 2. The van der Waals surface area contributed by atoms with Crippen molar-refractivity contribution in [2.45, 2.75) is 26.9 Å². The molecule has 0 heterocycles. The number of hydrogen-bond acceptors (Lipinski definition) is 2. The molecule has 0 atom stereocenters. The number of carbonyl (C=O) groups is 1. The highest BCUT2D eigenvalue weighted by Crippen LogP contribution is 2.20. The fourth-order valence-electron chi connectivity index (χ4n) is 2.24. The third kappa shape index (κ3) is 3.88. The Morgan fingerprint density at radius 2 is 1.71 bits per heavy atom. The molecule has 0 N–H and O–H groups in total. The average molecular weight is 290 g/mol. The molecule has 0 amide bonds. The van der Waals surface area contributed by atoms with Crippen LogP contribution in [-0.2, 0) is 6.42 Å². The lowest BCUT2D eigenvalue weighted by molar-refractivity contribution is -0.0498. The first kappa shape index (κ1) is 15.2. The molecular weight excluding hydrogens is 274 g/mol. The molecule has 21 heavy (non-hydrogen) atoms. The number of benzene rings is 2. The van der Waals surface area contributed by atoms with Gasteiger partial charge in [0.15, 0.2) is 5.78 Å². The molecule has 0 unspecified atom stereocenters. The first-order valence-electron chi connectivity index (χ1n) is 6.60. The second-order valence-corrected chi connectivity index (χ2v) is 4.88. The van der Waals surface area contributed by atoms with Gasteiger partial charge in [-0.25, -0.2) is 0 Å². The highest BCUT2D eigenvalue weighted by atomic mass is 19.3. The maximum absolute atomic E-state index is 12.3. The first-order valence-corrected chi connectivity index (χ1v) is 6.60. The molecule has 0 aliphatic rings. The maximum atomic E-state index is 12.3. The second kappa shape index (κ2) is 6.48. The number of Topliss-reactive ketones (excluding diaryl/α,β-unsaturated/α-hetero) is 1. The van der Waals surface area contributed by atoms with Gasteiger partial charge < -0.3 is 4.74 Å². The van der Waals surface area contributed by atoms with Crippen LogP contribution in [0.25, 0.3) is 0 Å². The summed E-state index contributed by atoms with van der Waals surface area (Å²) in [6, 6.07) is 11.7. The van der Waals surface area contributed by atoms with Crippen LogP contribution in [0.2, 0.25) is 0 Å². The molecule has 2 aromatic rings. The van der Waals surface area contributed by atoms with E-state index >= 15 is 0 Å². The number of alkyl halides is 2. The molecule has 0 aliphatic carbocycles. The van der Waals surface area contributed by atoms with Crippen molar-refractivity contribution in [1.29, 1.82) is 0 Å². The molecule has 0 saturated carbocycles. The third-order valence-corrected chi connectivity index (χ3v) is 3.36. The van der Waals surface area contributed by atoms with Crippen LogP contribution in [0.15, 0.2) is 42.5 Å². The van der Waals surface area contributed by atoms with Crippen molar-refractivity contribution in [3.8, 4) is 5.75 Å². The number of ketones is 1. The van der Waals surface area contributed by atoms with Crippen LogP contribution in [0.4, 0.5) is 8.78 Å². The molecule has 0 fully saturated rings. The molecule has 4 heteroatoms. The largest absolute Gasteiger partial charge is 0.435 e. The van der Waals surface area contributed by atoms with E-state index in [-0.39, 0.29) is 18.0 Å². The Morgan fingerprint density at radius 3 is 2.33 bits per heavy atom. The summed E-state index contributed by atoms with van der Waals surface area (Å²) < 4.78 is 28.7. The lowest BCUT2D eigenvalue weighted by atomic mass is 9.95. The quantitative estimate of drug-likeness (QED) is 0.766. The van der Waals surface area contributed by atoms with E-state index in [0.29, 0.717) is 5.56 Å². The van der Waals surface area contributed by atoms with Crippen LogP contribution in [0.1, 0.15) is 27.0 Å². The van der Waals surface area contributed by atoms with E-state index in [9.17, 15) is 13.6 Å². The lowest BCUT2D eigenvalue weighted by Gasteiger charge is -2.10. The highest BCUT2D eigenvalue weighted by Gasteiger charge is 2.12. The van der Waals surface area contributed by atoms with Gasteiger partial charge in [-0.15, -0.1) is 0 Å². The summed E-state index contributed by atoms with van der Waals surface area (Å²) in [6.45, 7) is 1.01. The fraction of sp³-hybridized carbons (Fsp3) is 0.235. The summed E-state index contributed by atoms with van der Waals surface area (Å²) in [6.07, 6.45) is 0.247. The van der Waals surface area contributed by atoms with E-state index in [2.05, 4.69) is 4.74 Å². The van der Waals surface area contributed by atoms with Gasteiger partial charge in [-0.05, 0) is 42.7 Å². The van der Waals surface area contributed by atoms with Crippen molar-refractivity contribution >= 4 is 5.78 Å². The number of hydrogen-bond donors (Lipinski definition) is 0. The SMILES string of the molecule is Cc1cccc(C)c1CC(=O)c1cccc(OC(F)F)c1. The molecule has 0 bridgehead atoms. The third-order valence-electron chi connectivity index (χ3n) is 3.36. The summed E-state index contributed by atoms with van der Waals surface area (Å²) >= 11 is 0. The van der Waals surface area contributed by atoms with E-state index in [4.69, 9.17) is 0 Å². The van der Waals surface area contributed by atoms with Gasteiger partial charge in [-0.1, -0.05) is 30.3 Å². The smallest absolute Gasteiger partial charge is 0.387 e. The standard InChI is InChI=1S/C17H16F2O2/c1-11-5-3-6-12(2)15(11)10-16(20)13-7-4-8-14(9-13)21-17(18)19/h3-9,17H,10H2,1-2H3. The molecule has 0 aromatic heterocycles. The van der Waals surface area contributed by atoms with Crippen molar-refractivity contribution in [3.63, 3.8) is 0 Å². The zero-order chi connectivity index (χ0) is 15.4. The summed E-state index contributed by atoms with van der Waals surface area (Å²) in [5, 5.41) is 0. The minimum Gasteiger partial charge on any atom is -0.435 e. The summed E-state index contributed by atoms with van der Waals surface area (Å²) in [4.78, 5) is 12.3. The topological polar surface area (TPSA) is 26.3 Å². The molecule has 2 nitrogen and oxygen atoms in total. The van der Waals surface area contributed by atoms with Crippen molar-refractivity contribution in [3.05, 3.63) is 64.7 Å². The van der Waals surface area contributed by atoms with Gasteiger partial charge in [0.05, 0.1) is 0 Å². The summed E-state index contributed by atoms with van der Waals surface area (Å²) in [5.41, 5.74) is 3.44. The Bertz CT molecular complexity index is 631. The normalized spacial score (nSPS) is 10.7. The zero-order valence-corrected chi connectivity index (χ0v) is 11.9. The Labute approximate surface area is 122 Å². The van der Waals surface area contributed by atoms with E-state index in [1.165, 1.54) is 18.2 Å². The molecular formula is C17H16F2O2. The predicted molar refractivity (Wildman–Crippen MR) is 77.0 cm³/mol. The van der Waals surface area contributed by atoms with E-state index in [1.54, 1.807) is 6.07 Å². The number of rotatable bonds is 5. The van der Waals surface area contributed by atoms with Gasteiger partial charge in [-0.2, -0.15) is 8.78 Å². The molecule has 0 aliphatic heterocycles. The van der Waals surface area contributed by atoms with Gasteiger partial charge in [0.2, 0.25) is 0 Å². The van der Waals surface area contributed by atoms with Crippen molar-refractivity contribution in [2.24, 2.45) is 0 Å². The van der Waals surface area contributed by atoms with Crippen LogP contribution in [0.5, 0.6) is 5.75 Å². The van der Waals surface area contributed by atoms with Crippen LogP contribution in [-0.4, -0.2) is 12.4 Å². The Morgan fingerprint density at radius 1 is 1.10 bits per heavy atom. The fourth-order valence-corrected chi connectivity index (χ4v) is 2.24. The van der Waals surface area contributed by atoms with E-state index in [0.717, 1.165) is 16.7 Å². The monoisotopic (exact) mass is 290 g/mol. The van der Waals surface area contributed by atoms with Gasteiger partial charge >= 0.3 is 6.61 Å². The Hall–Kier alpha value is -2.23. The van der Waals surface area contributed by atoms with Crippen LogP contribution in [0.3, 0.4) is 0 Å². The molecule has 2 aromatic carbocycles.